The summed E-state index contributed by atoms with van der Waals surface area (Å²) in [5, 5.41) is 9.48. The van der Waals surface area contributed by atoms with Gasteiger partial charge in [0.1, 0.15) is 11.5 Å². The van der Waals surface area contributed by atoms with Gasteiger partial charge in [0.15, 0.2) is 0 Å². The van der Waals surface area contributed by atoms with E-state index in [9.17, 15) is 10.1 Å². The molecule has 26 heavy (non-hydrogen) atoms. The highest BCUT2D eigenvalue weighted by molar-refractivity contribution is 5.90. The lowest BCUT2D eigenvalue weighted by molar-refractivity contribution is -0.139. The number of benzene rings is 2. The van der Waals surface area contributed by atoms with Crippen LogP contribution in [0.25, 0.3) is 11.6 Å². The number of nitriles is 1. The molecule has 0 atom stereocenters. The molecule has 0 heterocycles. The zero-order valence-corrected chi connectivity index (χ0v) is 15.4. The molecule has 0 fully saturated rings. The van der Waals surface area contributed by atoms with Crippen LogP contribution in [0.1, 0.15) is 37.8 Å². The van der Waals surface area contributed by atoms with Crippen LogP contribution in [0.2, 0.25) is 0 Å². The maximum Gasteiger partial charge on any atom is 0.314 e. The van der Waals surface area contributed by atoms with Crippen molar-refractivity contribution in [2.24, 2.45) is 5.92 Å². The summed E-state index contributed by atoms with van der Waals surface area (Å²) in [5.74, 6) is 0.916. The zero-order chi connectivity index (χ0) is 18.9. The fourth-order valence-electron chi connectivity index (χ4n) is 2.61. The summed E-state index contributed by atoms with van der Waals surface area (Å²) >= 11 is 0. The van der Waals surface area contributed by atoms with E-state index in [1.807, 2.05) is 50.2 Å². The minimum atomic E-state index is -0.216. The Hall–Kier alpha value is -3.06. The van der Waals surface area contributed by atoms with Gasteiger partial charge in [0.05, 0.1) is 24.7 Å². The predicted octanol–water partition coefficient (Wildman–Crippen LogP) is 5.10. The van der Waals surface area contributed by atoms with Crippen LogP contribution in [0.15, 0.2) is 48.5 Å². The number of hydrogen-bond donors (Lipinski definition) is 0. The number of methoxy groups -OCH3 is 1. The van der Waals surface area contributed by atoms with Gasteiger partial charge in [-0.2, -0.15) is 5.26 Å². The van der Waals surface area contributed by atoms with Gasteiger partial charge in [-0.25, -0.2) is 0 Å². The molecule has 0 saturated carbocycles. The smallest absolute Gasteiger partial charge is 0.314 e. The van der Waals surface area contributed by atoms with Crippen molar-refractivity contribution in [1.82, 2.24) is 0 Å². The molecule has 2 aromatic rings. The van der Waals surface area contributed by atoms with E-state index >= 15 is 0 Å². The van der Waals surface area contributed by atoms with Crippen LogP contribution >= 0.6 is 0 Å². The van der Waals surface area contributed by atoms with Gasteiger partial charge >= 0.3 is 5.97 Å². The van der Waals surface area contributed by atoms with Crippen molar-refractivity contribution >= 4 is 17.6 Å². The molecule has 0 aromatic heterocycles. The molecule has 0 saturated heterocycles. The average Bonchev–Trinajstić information content (AvgIpc) is 2.67. The lowest BCUT2D eigenvalue weighted by Crippen LogP contribution is -2.19. The molecule has 0 unspecified atom stereocenters. The van der Waals surface area contributed by atoms with E-state index in [2.05, 4.69) is 6.07 Å². The Morgan fingerprint density at radius 3 is 2.38 bits per heavy atom. The minimum absolute atomic E-state index is 0.0943. The zero-order valence-electron chi connectivity index (χ0n) is 15.4. The number of rotatable bonds is 7. The van der Waals surface area contributed by atoms with Gasteiger partial charge in [-0.05, 0) is 66.4 Å². The van der Waals surface area contributed by atoms with Crippen LogP contribution in [0.5, 0.6) is 11.5 Å². The second-order valence-corrected chi connectivity index (χ2v) is 5.91. The molecule has 4 nitrogen and oxygen atoms in total. The van der Waals surface area contributed by atoms with E-state index in [0.717, 1.165) is 29.7 Å². The van der Waals surface area contributed by atoms with Crippen molar-refractivity contribution in [3.8, 4) is 17.6 Å². The van der Waals surface area contributed by atoms with Crippen LogP contribution in [-0.4, -0.2) is 13.1 Å². The number of hydrogen-bond acceptors (Lipinski definition) is 4. The topological polar surface area (TPSA) is 59.3 Å². The second-order valence-electron chi connectivity index (χ2n) is 5.91. The fourth-order valence-corrected chi connectivity index (χ4v) is 2.61. The third kappa shape index (κ3) is 4.97. The van der Waals surface area contributed by atoms with Gasteiger partial charge in [-0.15, -0.1) is 0 Å². The third-order valence-electron chi connectivity index (χ3n) is 4.23. The molecule has 2 aromatic carbocycles. The van der Waals surface area contributed by atoms with Gasteiger partial charge in [0.25, 0.3) is 0 Å². The third-order valence-corrected chi connectivity index (χ3v) is 4.23. The van der Waals surface area contributed by atoms with Crippen molar-refractivity contribution < 1.29 is 14.3 Å². The van der Waals surface area contributed by atoms with E-state index < -0.39 is 0 Å². The van der Waals surface area contributed by atoms with Crippen LogP contribution in [-0.2, 0) is 4.79 Å². The molecule has 0 radical (unpaired) electrons. The first-order chi connectivity index (χ1) is 12.6. The van der Waals surface area contributed by atoms with Gasteiger partial charge in [-0.3, -0.25) is 4.79 Å². The number of nitrogens with zero attached hydrogens (tertiary/aromatic N) is 1. The van der Waals surface area contributed by atoms with Crippen LogP contribution in [0.4, 0.5) is 0 Å². The highest BCUT2D eigenvalue weighted by Gasteiger charge is 2.16. The molecule has 134 valence electrons. The Kier molecular flexibility index (Phi) is 6.99. The molecule has 0 amide bonds. The SMILES string of the molecule is CCC(CC)C(=O)Oc1cccc(/C=C(/C#N)c2ccc(OC)cc2)c1. The van der Waals surface area contributed by atoms with Crippen molar-refractivity contribution in [3.63, 3.8) is 0 Å². The molecule has 0 spiro atoms. The average molecular weight is 349 g/mol. The number of carbonyl (C=O) groups is 1. The summed E-state index contributed by atoms with van der Waals surface area (Å²) in [7, 11) is 1.60. The highest BCUT2D eigenvalue weighted by Crippen LogP contribution is 2.23. The second kappa shape index (κ2) is 9.43. The summed E-state index contributed by atoms with van der Waals surface area (Å²) in [6.07, 6.45) is 3.28. The number of carbonyl (C=O) groups excluding carboxylic acids is 1. The summed E-state index contributed by atoms with van der Waals surface area (Å²) < 4.78 is 10.6. The Morgan fingerprint density at radius 2 is 1.81 bits per heavy atom. The van der Waals surface area contributed by atoms with Gasteiger partial charge in [0, 0.05) is 0 Å². The summed E-state index contributed by atoms with van der Waals surface area (Å²) in [6, 6.07) is 16.7. The standard InChI is InChI=1S/C22H23NO3/c1-4-17(5-2)22(24)26-21-8-6-7-16(14-21)13-19(15-23)18-9-11-20(25-3)12-10-18/h6-14,17H,4-5H2,1-3H3/b19-13-. The monoisotopic (exact) mass is 349 g/mol. The molecule has 0 N–H and O–H groups in total. The van der Waals surface area contributed by atoms with E-state index in [0.29, 0.717) is 11.3 Å². The van der Waals surface area contributed by atoms with E-state index in [1.165, 1.54) is 0 Å². The number of ether oxygens (including phenoxy) is 2. The number of allylic oxidation sites excluding steroid dienone is 1. The summed E-state index contributed by atoms with van der Waals surface area (Å²) in [5.41, 5.74) is 2.12. The van der Waals surface area contributed by atoms with Gasteiger partial charge in [-0.1, -0.05) is 26.0 Å². The first kappa shape index (κ1) is 19.3. The number of esters is 1. The summed E-state index contributed by atoms with van der Waals surface area (Å²) in [4.78, 5) is 12.1. The van der Waals surface area contributed by atoms with Crippen molar-refractivity contribution in [1.29, 1.82) is 5.26 Å². The Bertz CT molecular complexity index is 812. The first-order valence-corrected chi connectivity index (χ1v) is 8.69. The van der Waals surface area contributed by atoms with Crippen molar-refractivity contribution in [2.75, 3.05) is 7.11 Å². The normalized spacial score (nSPS) is 11.1. The first-order valence-electron chi connectivity index (χ1n) is 8.69. The van der Waals surface area contributed by atoms with Crippen LogP contribution < -0.4 is 9.47 Å². The Morgan fingerprint density at radius 1 is 1.12 bits per heavy atom. The van der Waals surface area contributed by atoms with Crippen LogP contribution in [0.3, 0.4) is 0 Å². The molecule has 0 aliphatic carbocycles. The quantitative estimate of drug-likeness (QED) is 0.302. The maximum absolute atomic E-state index is 12.1. The molecule has 0 aliphatic heterocycles. The van der Waals surface area contributed by atoms with Crippen molar-refractivity contribution in [3.05, 3.63) is 59.7 Å². The molecular formula is C22H23NO3. The van der Waals surface area contributed by atoms with E-state index in [1.54, 1.807) is 25.3 Å². The molecule has 0 bridgehead atoms. The fraction of sp³-hybridized carbons (Fsp3) is 0.273. The molecule has 4 heteroatoms. The van der Waals surface area contributed by atoms with Gasteiger partial charge in [0.2, 0.25) is 0 Å². The van der Waals surface area contributed by atoms with Crippen LogP contribution in [0, 0.1) is 17.2 Å². The highest BCUT2D eigenvalue weighted by atomic mass is 16.5. The minimum Gasteiger partial charge on any atom is -0.497 e. The van der Waals surface area contributed by atoms with E-state index in [-0.39, 0.29) is 11.9 Å². The lowest BCUT2D eigenvalue weighted by Gasteiger charge is -2.12. The molecule has 0 aliphatic rings. The predicted molar refractivity (Wildman–Crippen MR) is 103 cm³/mol. The van der Waals surface area contributed by atoms with Gasteiger partial charge < -0.3 is 9.47 Å². The summed E-state index contributed by atoms with van der Waals surface area (Å²) in [6.45, 7) is 3.95. The van der Waals surface area contributed by atoms with Crippen molar-refractivity contribution in [2.45, 2.75) is 26.7 Å². The largest absolute Gasteiger partial charge is 0.497 e. The van der Waals surface area contributed by atoms with E-state index in [4.69, 9.17) is 9.47 Å². The molecular weight excluding hydrogens is 326 g/mol. The maximum atomic E-state index is 12.1. The lowest BCUT2D eigenvalue weighted by atomic mass is 10.0. The Balaban J connectivity index is 2.23. The Labute approximate surface area is 154 Å². The molecule has 2 rings (SSSR count).